The highest BCUT2D eigenvalue weighted by Gasteiger charge is 2.52. The molecule has 0 aromatic heterocycles. The van der Waals surface area contributed by atoms with Crippen LogP contribution in [0.5, 0.6) is 0 Å². The summed E-state index contributed by atoms with van der Waals surface area (Å²) in [6.45, 7) is 2.02. The number of anilines is 1. The predicted molar refractivity (Wildman–Crippen MR) is 107 cm³/mol. The molecular weight excluding hydrogens is 350 g/mol. The first-order valence-corrected chi connectivity index (χ1v) is 10.1. The smallest absolute Gasteiger partial charge is 0.294 e. The Balaban J connectivity index is 1.65. The zero-order valence-electron chi connectivity index (χ0n) is 15.9. The van der Waals surface area contributed by atoms with Crippen molar-refractivity contribution < 1.29 is 14.3 Å². The third-order valence-corrected chi connectivity index (χ3v) is 6.19. The highest BCUT2D eigenvalue weighted by molar-refractivity contribution is 6.18. The fraction of sp³-hybridized carbons (Fsp3) is 0.333. The lowest BCUT2D eigenvalue weighted by Crippen LogP contribution is -2.39. The Bertz CT molecular complexity index is 961. The summed E-state index contributed by atoms with van der Waals surface area (Å²) in [5.41, 5.74) is 3.40. The first-order chi connectivity index (χ1) is 13.6. The SMILES string of the molecule is Cc1ccc(N2C(=O)C3=C(C(=O)C4CCCCC4O3)C2c2ccccc2)cc1. The number of ketones is 1. The van der Waals surface area contributed by atoms with Crippen molar-refractivity contribution in [2.75, 3.05) is 4.90 Å². The van der Waals surface area contributed by atoms with Gasteiger partial charge in [0.1, 0.15) is 6.10 Å². The van der Waals surface area contributed by atoms with E-state index in [-0.39, 0.29) is 29.5 Å². The minimum atomic E-state index is -0.429. The summed E-state index contributed by atoms with van der Waals surface area (Å²) in [5.74, 6) is 0.0416. The van der Waals surface area contributed by atoms with Crippen molar-refractivity contribution in [3.63, 3.8) is 0 Å². The topological polar surface area (TPSA) is 46.6 Å². The molecule has 2 heterocycles. The van der Waals surface area contributed by atoms with Crippen LogP contribution in [0.2, 0.25) is 0 Å². The van der Waals surface area contributed by atoms with Gasteiger partial charge in [0.2, 0.25) is 0 Å². The van der Waals surface area contributed by atoms with Crippen LogP contribution in [-0.2, 0) is 14.3 Å². The van der Waals surface area contributed by atoms with Gasteiger partial charge in [-0.2, -0.15) is 0 Å². The number of hydrogen-bond donors (Lipinski definition) is 0. The Morgan fingerprint density at radius 3 is 2.39 bits per heavy atom. The number of rotatable bonds is 2. The quantitative estimate of drug-likeness (QED) is 0.779. The number of aryl methyl sites for hydroxylation is 1. The molecule has 3 aliphatic rings. The van der Waals surface area contributed by atoms with Crippen molar-refractivity contribution in [3.05, 3.63) is 77.1 Å². The molecule has 2 aromatic rings. The van der Waals surface area contributed by atoms with E-state index in [1.807, 2.05) is 61.5 Å². The molecule has 2 aromatic carbocycles. The maximum atomic E-state index is 13.5. The maximum absolute atomic E-state index is 13.5. The van der Waals surface area contributed by atoms with E-state index in [1.54, 1.807) is 4.90 Å². The third-order valence-electron chi connectivity index (χ3n) is 6.19. The third kappa shape index (κ3) is 2.59. The average molecular weight is 373 g/mol. The Labute approximate surface area is 164 Å². The van der Waals surface area contributed by atoms with Gasteiger partial charge in [-0.15, -0.1) is 0 Å². The highest BCUT2D eigenvalue weighted by atomic mass is 16.5. The van der Waals surface area contributed by atoms with Crippen molar-refractivity contribution in [1.29, 1.82) is 0 Å². The first kappa shape index (κ1) is 17.2. The van der Waals surface area contributed by atoms with Gasteiger partial charge in [-0.1, -0.05) is 54.4 Å². The number of carbonyl (C=O) groups excluding carboxylic acids is 2. The maximum Gasteiger partial charge on any atom is 0.294 e. The Morgan fingerprint density at radius 1 is 0.929 bits per heavy atom. The zero-order chi connectivity index (χ0) is 19.3. The lowest BCUT2D eigenvalue weighted by Gasteiger charge is -2.35. The van der Waals surface area contributed by atoms with Crippen LogP contribution in [0, 0.1) is 12.8 Å². The molecular formula is C24H23NO3. The average Bonchev–Trinajstić information content (AvgIpc) is 3.02. The number of nitrogens with zero attached hydrogens (tertiary/aromatic N) is 1. The van der Waals surface area contributed by atoms with E-state index >= 15 is 0 Å². The molecule has 4 nitrogen and oxygen atoms in total. The molecule has 1 aliphatic carbocycles. The molecule has 142 valence electrons. The molecule has 0 saturated heterocycles. The highest BCUT2D eigenvalue weighted by Crippen LogP contribution is 2.48. The van der Waals surface area contributed by atoms with Gasteiger partial charge in [0.15, 0.2) is 11.5 Å². The standard InChI is InChI=1S/C24H23NO3/c1-15-11-13-17(14-12-15)25-21(16-7-3-2-4-8-16)20-22(26)18-9-5-6-10-19(18)28-23(20)24(25)27/h2-4,7-8,11-14,18-19,21H,5-6,9-10H2,1H3. The molecule has 3 unspecified atom stereocenters. The molecule has 0 spiro atoms. The van der Waals surface area contributed by atoms with Crippen molar-refractivity contribution in [2.24, 2.45) is 5.92 Å². The predicted octanol–water partition coefficient (Wildman–Crippen LogP) is 4.50. The number of amides is 1. The van der Waals surface area contributed by atoms with Crippen LogP contribution >= 0.6 is 0 Å². The van der Waals surface area contributed by atoms with E-state index in [4.69, 9.17) is 4.74 Å². The van der Waals surface area contributed by atoms with Crippen molar-refractivity contribution in [3.8, 4) is 0 Å². The van der Waals surface area contributed by atoms with E-state index in [2.05, 4.69) is 0 Å². The summed E-state index contributed by atoms with van der Waals surface area (Å²) in [7, 11) is 0. The van der Waals surface area contributed by atoms with Gasteiger partial charge < -0.3 is 4.74 Å². The molecule has 1 fully saturated rings. The number of hydrogen-bond acceptors (Lipinski definition) is 3. The van der Waals surface area contributed by atoms with Crippen LogP contribution < -0.4 is 4.90 Å². The van der Waals surface area contributed by atoms with Crippen LogP contribution in [0.1, 0.15) is 42.9 Å². The van der Waals surface area contributed by atoms with Gasteiger partial charge in [-0.25, -0.2) is 0 Å². The molecule has 1 amide bonds. The largest absolute Gasteiger partial charge is 0.483 e. The van der Waals surface area contributed by atoms with E-state index in [0.29, 0.717) is 5.57 Å². The van der Waals surface area contributed by atoms with Crippen molar-refractivity contribution in [2.45, 2.75) is 44.8 Å². The number of ether oxygens (including phenoxy) is 1. The monoisotopic (exact) mass is 373 g/mol. The molecule has 28 heavy (non-hydrogen) atoms. The summed E-state index contributed by atoms with van der Waals surface area (Å²) in [6, 6.07) is 17.2. The molecule has 0 N–H and O–H groups in total. The van der Waals surface area contributed by atoms with Gasteiger partial charge >= 0.3 is 0 Å². The molecule has 5 rings (SSSR count). The van der Waals surface area contributed by atoms with E-state index < -0.39 is 6.04 Å². The van der Waals surface area contributed by atoms with E-state index in [1.165, 1.54) is 0 Å². The Hall–Kier alpha value is -2.88. The van der Waals surface area contributed by atoms with Crippen molar-refractivity contribution >= 4 is 17.4 Å². The van der Waals surface area contributed by atoms with Gasteiger partial charge in [0.25, 0.3) is 5.91 Å². The van der Waals surface area contributed by atoms with Crippen LogP contribution in [0.3, 0.4) is 0 Å². The van der Waals surface area contributed by atoms with Crippen molar-refractivity contribution in [1.82, 2.24) is 0 Å². The molecule has 3 atom stereocenters. The van der Waals surface area contributed by atoms with Gasteiger partial charge in [0.05, 0.1) is 17.5 Å². The number of Topliss-reactive ketones (excluding diaryl/α,β-unsaturated/α-hetero) is 1. The minimum Gasteiger partial charge on any atom is -0.483 e. The second kappa shape index (κ2) is 6.62. The van der Waals surface area contributed by atoms with Crippen LogP contribution in [0.4, 0.5) is 5.69 Å². The number of carbonyl (C=O) groups is 2. The summed E-state index contributed by atoms with van der Waals surface area (Å²) in [5, 5.41) is 0. The number of benzene rings is 2. The zero-order valence-corrected chi connectivity index (χ0v) is 15.9. The molecule has 4 heteroatoms. The summed E-state index contributed by atoms with van der Waals surface area (Å²) >= 11 is 0. The fourth-order valence-electron chi connectivity index (χ4n) is 4.77. The Kier molecular flexibility index (Phi) is 4.08. The Morgan fingerprint density at radius 2 is 1.64 bits per heavy atom. The minimum absolute atomic E-state index is 0.0998. The second-order valence-corrected chi connectivity index (χ2v) is 7.98. The summed E-state index contributed by atoms with van der Waals surface area (Å²) < 4.78 is 6.19. The molecule has 2 aliphatic heterocycles. The normalized spacial score (nSPS) is 26.8. The van der Waals surface area contributed by atoms with E-state index in [0.717, 1.165) is 42.5 Å². The van der Waals surface area contributed by atoms with Gasteiger partial charge in [-0.05, 0) is 43.9 Å². The first-order valence-electron chi connectivity index (χ1n) is 10.1. The van der Waals surface area contributed by atoms with Crippen LogP contribution in [0.15, 0.2) is 65.9 Å². The van der Waals surface area contributed by atoms with E-state index in [9.17, 15) is 9.59 Å². The second-order valence-electron chi connectivity index (χ2n) is 7.98. The van der Waals surface area contributed by atoms with Crippen LogP contribution in [0.25, 0.3) is 0 Å². The van der Waals surface area contributed by atoms with Crippen LogP contribution in [-0.4, -0.2) is 17.8 Å². The number of fused-ring (bicyclic) bond motifs is 1. The molecule has 0 bridgehead atoms. The molecule has 0 radical (unpaired) electrons. The van der Waals surface area contributed by atoms with Gasteiger partial charge in [0, 0.05) is 5.69 Å². The molecule has 1 saturated carbocycles. The lowest BCUT2D eigenvalue weighted by molar-refractivity contribution is -0.131. The van der Waals surface area contributed by atoms with Gasteiger partial charge in [-0.3, -0.25) is 14.5 Å². The fourth-order valence-corrected chi connectivity index (χ4v) is 4.77. The lowest BCUT2D eigenvalue weighted by atomic mass is 9.77. The summed E-state index contributed by atoms with van der Waals surface area (Å²) in [6.07, 6.45) is 3.64. The summed E-state index contributed by atoms with van der Waals surface area (Å²) in [4.78, 5) is 28.6.